The zero-order chi connectivity index (χ0) is 20.6. The van der Waals surface area contributed by atoms with Crippen LogP contribution in [-0.4, -0.2) is 25.0 Å². The second-order valence-corrected chi connectivity index (χ2v) is 7.70. The average molecular weight is 451 g/mol. The zero-order valence-corrected chi connectivity index (χ0v) is 17.3. The molecule has 0 radical (unpaired) electrons. The lowest BCUT2D eigenvalue weighted by atomic mass is 10.3. The molecule has 0 aliphatic carbocycles. The Morgan fingerprint density at radius 3 is 1.45 bits per heavy atom. The first-order chi connectivity index (χ1) is 14.0. The van der Waals surface area contributed by atoms with E-state index in [0.29, 0.717) is 31.5 Å². The minimum atomic E-state index is -0.314. The molecular formula is C20H16Cl2N2O4S. The predicted octanol–water partition coefficient (Wildman–Crippen LogP) is 5.09. The summed E-state index contributed by atoms with van der Waals surface area (Å²) in [6.45, 7) is -0.285. The van der Waals surface area contributed by atoms with Gasteiger partial charge >= 0.3 is 0 Å². The number of hydrogen-bond donors (Lipinski definition) is 2. The molecule has 0 aliphatic heterocycles. The lowest BCUT2D eigenvalue weighted by Crippen LogP contribution is -2.20. The quantitative estimate of drug-likeness (QED) is 0.500. The number of carbonyl (C=O) groups excluding carboxylic acids is 2. The Morgan fingerprint density at radius 2 is 1.07 bits per heavy atom. The third-order valence-electron chi connectivity index (χ3n) is 3.50. The first-order valence-electron chi connectivity index (χ1n) is 8.44. The molecule has 29 heavy (non-hydrogen) atoms. The first-order valence-corrected chi connectivity index (χ1v) is 10.0. The Kier molecular flexibility index (Phi) is 7.35. The smallest absolute Gasteiger partial charge is 0.262 e. The van der Waals surface area contributed by atoms with Gasteiger partial charge in [-0.05, 0) is 60.7 Å². The highest BCUT2D eigenvalue weighted by Crippen LogP contribution is 2.26. The Balaban J connectivity index is 1.42. The van der Waals surface area contributed by atoms with Crippen molar-refractivity contribution in [3.63, 3.8) is 0 Å². The van der Waals surface area contributed by atoms with E-state index < -0.39 is 0 Å². The van der Waals surface area contributed by atoms with Gasteiger partial charge in [0.2, 0.25) is 0 Å². The lowest BCUT2D eigenvalue weighted by Gasteiger charge is -2.07. The van der Waals surface area contributed by atoms with E-state index in [2.05, 4.69) is 10.6 Å². The summed E-state index contributed by atoms with van der Waals surface area (Å²) in [6.07, 6.45) is 0. The molecule has 6 nitrogen and oxygen atoms in total. The predicted molar refractivity (Wildman–Crippen MR) is 115 cm³/mol. The van der Waals surface area contributed by atoms with Gasteiger partial charge in [-0.15, -0.1) is 11.3 Å². The fourth-order valence-electron chi connectivity index (χ4n) is 2.18. The van der Waals surface area contributed by atoms with Crippen molar-refractivity contribution in [2.45, 2.75) is 0 Å². The minimum Gasteiger partial charge on any atom is -0.484 e. The number of anilines is 2. The maximum Gasteiger partial charge on any atom is 0.262 e. The lowest BCUT2D eigenvalue weighted by molar-refractivity contribution is -0.118. The summed E-state index contributed by atoms with van der Waals surface area (Å²) in [5.41, 5.74) is 0. The standard InChI is InChI=1S/C20H16Cl2N2O4S/c21-13-1-5-15(6-2-13)27-11-17(25)23-19-9-10-20(29-19)24-18(26)12-28-16-7-3-14(22)4-8-16/h1-10H,11-12H2,(H,23,25)(H,24,26). The van der Waals surface area contributed by atoms with Crippen LogP contribution in [0.5, 0.6) is 11.5 Å². The van der Waals surface area contributed by atoms with Crippen molar-refractivity contribution >= 4 is 56.4 Å². The van der Waals surface area contributed by atoms with Crippen molar-refractivity contribution in [2.24, 2.45) is 0 Å². The fourth-order valence-corrected chi connectivity index (χ4v) is 3.27. The highest BCUT2D eigenvalue weighted by molar-refractivity contribution is 7.20. The zero-order valence-electron chi connectivity index (χ0n) is 15.0. The molecule has 2 aromatic carbocycles. The van der Waals surface area contributed by atoms with Gasteiger partial charge in [-0.2, -0.15) is 0 Å². The molecule has 150 valence electrons. The van der Waals surface area contributed by atoms with Crippen LogP contribution in [0.25, 0.3) is 0 Å². The number of thiophene rings is 1. The molecular weight excluding hydrogens is 435 g/mol. The van der Waals surface area contributed by atoms with Gasteiger partial charge in [0.1, 0.15) is 11.5 Å². The molecule has 2 N–H and O–H groups in total. The molecule has 2 amide bonds. The van der Waals surface area contributed by atoms with Gasteiger partial charge in [0.05, 0.1) is 10.0 Å². The molecule has 0 fully saturated rings. The third-order valence-corrected chi connectivity index (χ3v) is 4.92. The Bertz CT molecular complexity index is 897. The van der Waals surface area contributed by atoms with Crippen molar-refractivity contribution < 1.29 is 19.1 Å². The number of carbonyl (C=O) groups is 2. The summed E-state index contributed by atoms with van der Waals surface area (Å²) in [4.78, 5) is 24.0. The van der Waals surface area contributed by atoms with Crippen molar-refractivity contribution in [1.29, 1.82) is 0 Å². The van der Waals surface area contributed by atoms with Crippen LogP contribution in [0.2, 0.25) is 10.0 Å². The normalized spacial score (nSPS) is 10.3. The number of benzene rings is 2. The van der Waals surface area contributed by atoms with Crippen LogP contribution >= 0.6 is 34.5 Å². The van der Waals surface area contributed by atoms with E-state index in [9.17, 15) is 9.59 Å². The Hall–Kier alpha value is -2.74. The Labute approximate surface area is 181 Å². The highest BCUT2D eigenvalue weighted by Gasteiger charge is 2.09. The molecule has 0 spiro atoms. The maximum atomic E-state index is 12.0. The summed E-state index contributed by atoms with van der Waals surface area (Å²) in [6, 6.07) is 16.8. The van der Waals surface area contributed by atoms with Gasteiger partial charge in [-0.25, -0.2) is 0 Å². The molecule has 3 aromatic rings. The van der Waals surface area contributed by atoms with Crippen LogP contribution in [-0.2, 0) is 9.59 Å². The third kappa shape index (κ3) is 6.98. The fraction of sp³-hybridized carbons (Fsp3) is 0.100. The van der Waals surface area contributed by atoms with Gasteiger partial charge in [0, 0.05) is 10.0 Å². The molecule has 1 aromatic heterocycles. The SMILES string of the molecule is O=C(COc1ccc(Cl)cc1)Nc1ccc(NC(=O)COc2ccc(Cl)cc2)s1. The number of halogens is 2. The van der Waals surface area contributed by atoms with E-state index in [4.69, 9.17) is 32.7 Å². The minimum absolute atomic E-state index is 0.143. The number of ether oxygens (including phenoxy) is 2. The summed E-state index contributed by atoms with van der Waals surface area (Å²) >= 11 is 12.8. The van der Waals surface area contributed by atoms with Crippen LogP contribution in [0.1, 0.15) is 0 Å². The van der Waals surface area contributed by atoms with E-state index in [1.807, 2.05) is 0 Å². The second kappa shape index (κ2) is 10.2. The number of amides is 2. The summed E-state index contributed by atoms with van der Waals surface area (Å²) < 4.78 is 10.8. The molecule has 0 saturated carbocycles. The summed E-state index contributed by atoms with van der Waals surface area (Å²) in [5, 5.41) is 7.78. The Morgan fingerprint density at radius 1 is 0.690 bits per heavy atom. The van der Waals surface area contributed by atoms with Gasteiger partial charge in [-0.3, -0.25) is 9.59 Å². The van der Waals surface area contributed by atoms with Crippen LogP contribution in [0.4, 0.5) is 10.0 Å². The molecule has 9 heteroatoms. The van der Waals surface area contributed by atoms with Gasteiger partial charge < -0.3 is 20.1 Å². The average Bonchev–Trinajstić information content (AvgIpc) is 3.13. The molecule has 0 aliphatic rings. The van der Waals surface area contributed by atoms with Gasteiger partial charge in [-0.1, -0.05) is 23.2 Å². The van der Waals surface area contributed by atoms with Crippen LogP contribution in [0, 0.1) is 0 Å². The first kappa shape index (κ1) is 21.0. The molecule has 0 atom stereocenters. The topological polar surface area (TPSA) is 76.7 Å². The summed E-state index contributed by atoms with van der Waals surface area (Å²) in [7, 11) is 0. The van der Waals surface area contributed by atoms with Gasteiger partial charge in [0.15, 0.2) is 13.2 Å². The summed E-state index contributed by atoms with van der Waals surface area (Å²) in [5.74, 6) is 0.463. The van der Waals surface area contributed by atoms with Crippen molar-refractivity contribution in [1.82, 2.24) is 0 Å². The highest BCUT2D eigenvalue weighted by atomic mass is 35.5. The maximum absolute atomic E-state index is 12.0. The van der Waals surface area contributed by atoms with Gasteiger partial charge in [0.25, 0.3) is 11.8 Å². The molecule has 0 unspecified atom stereocenters. The number of hydrogen-bond acceptors (Lipinski definition) is 5. The monoisotopic (exact) mass is 450 g/mol. The molecule has 0 saturated heterocycles. The van der Waals surface area contributed by atoms with E-state index in [0.717, 1.165) is 0 Å². The van der Waals surface area contributed by atoms with E-state index in [-0.39, 0.29) is 25.0 Å². The molecule has 0 bridgehead atoms. The van der Waals surface area contributed by atoms with Crippen molar-refractivity contribution in [3.05, 3.63) is 70.7 Å². The van der Waals surface area contributed by atoms with E-state index in [1.165, 1.54) is 11.3 Å². The van der Waals surface area contributed by atoms with Crippen molar-refractivity contribution in [2.75, 3.05) is 23.8 Å². The second-order valence-electron chi connectivity index (χ2n) is 5.75. The van der Waals surface area contributed by atoms with E-state index in [1.54, 1.807) is 60.7 Å². The van der Waals surface area contributed by atoms with Crippen molar-refractivity contribution in [3.8, 4) is 11.5 Å². The molecule has 1 heterocycles. The largest absolute Gasteiger partial charge is 0.484 e. The number of nitrogens with one attached hydrogen (secondary N) is 2. The van der Waals surface area contributed by atoms with Crippen LogP contribution < -0.4 is 20.1 Å². The van der Waals surface area contributed by atoms with Crippen LogP contribution in [0.3, 0.4) is 0 Å². The van der Waals surface area contributed by atoms with Crippen LogP contribution in [0.15, 0.2) is 60.7 Å². The molecule has 3 rings (SSSR count). The van der Waals surface area contributed by atoms with E-state index >= 15 is 0 Å². The number of rotatable bonds is 8.